The first kappa shape index (κ1) is 40.8. The molecule has 7 aromatic rings. The number of aromatic nitrogens is 4. The quantitative estimate of drug-likeness (QED) is 0.114. The summed E-state index contributed by atoms with van der Waals surface area (Å²) in [5, 5.41) is 22.5. The van der Waals surface area contributed by atoms with Gasteiger partial charge in [0.05, 0.1) is 52.5 Å². The number of nitriles is 1. The Bertz CT molecular complexity index is 3090. The average molecular weight is 855 g/mol. The molecule has 0 spiro atoms. The van der Waals surface area contributed by atoms with Crippen LogP contribution in [0, 0.1) is 44.8 Å². The molecular weight excluding hydrogens is 816 g/mol. The van der Waals surface area contributed by atoms with Crippen molar-refractivity contribution in [2.75, 3.05) is 11.8 Å². The molecule has 13 nitrogen and oxygen atoms in total. The van der Waals surface area contributed by atoms with Crippen molar-refractivity contribution in [1.29, 1.82) is 5.26 Å². The normalized spacial score (nSPS) is 14.0. The predicted molar refractivity (Wildman–Crippen MR) is 231 cm³/mol. The first-order valence-corrected chi connectivity index (χ1v) is 21.5. The van der Waals surface area contributed by atoms with E-state index in [-0.39, 0.29) is 16.9 Å². The number of ether oxygens (including phenoxy) is 1. The number of fused-ring (bicyclic) bond motifs is 4. The van der Waals surface area contributed by atoms with Crippen LogP contribution in [0.25, 0.3) is 27.0 Å². The van der Waals surface area contributed by atoms with Crippen LogP contribution in [-0.2, 0) is 19.6 Å². The number of methoxy groups -OCH3 is 1. The molecule has 4 aromatic carbocycles. The number of benzene rings is 4. The molecule has 0 bridgehead atoms. The summed E-state index contributed by atoms with van der Waals surface area (Å²) in [5.74, 6) is -0.531. The fraction of sp³-hybridized carbons (Fsp3) is 0.200. The minimum Gasteiger partial charge on any atom is -0.469 e. The molecule has 0 fully saturated rings. The third-order valence-corrected chi connectivity index (χ3v) is 13.6. The maximum Gasteiger partial charge on any atom is 0.308 e. The fourth-order valence-corrected chi connectivity index (χ4v) is 9.84. The number of amides is 1. The van der Waals surface area contributed by atoms with Gasteiger partial charge in [0.2, 0.25) is 0 Å². The predicted octanol–water partition coefficient (Wildman–Crippen LogP) is 8.47. The van der Waals surface area contributed by atoms with Crippen LogP contribution in [0.15, 0.2) is 94.9 Å². The first-order chi connectivity index (χ1) is 29.2. The Kier molecular flexibility index (Phi) is 10.6. The molecule has 2 atom stereocenters. The Hall–Kier alpha value is -6.96. The van der Waals surface area contributed by atoms with Crippen LogP contribution < -0.4 is 10.0 Å². The molecule has 0 saturated carbocycles. The zero-order valence-electron chi connectivity index (χ0n) is 33.9. The van der Waals surface area contributed by atoms with Crippen LogP contribution in [0.3, 0.4) is 0 Å². The first-order valence-electron chi connectivity index (χ1n) is 19.2. The molecule has 61 heavy (non-hydrogen) atoms. The lowest BCUT2D eigenvalue weighted by molar-refractivity contribution is -0.141. The van der Waals surface area contributed by atoms with E-state index in [1.165, 1.54) is 37.6 Å². The van der Waals surface area contributed by atoms with Gasteiger partial charge in [0, 0.05) is 27.6 Å². The van der Waals surface area contributed by atoms with Gasteiger partial charge in [0.25, 0.3) is 15.9 Å². The zero-order valence-corrected chi connectivity index (χ0v) is 35.5. The lowest BCUT2D eigenvalue weighted by atomic mass is 9.96. The smallest absolute Gasteiger partial charge is 0.308 e. The van der Waals surface area contributed by atoms with E-state index in [2.05, 4.69) is 31.3 Å². The average Bonchev–Trinajstić information content (AvgIpc) is 3.92. The van der Waals surface area contributed by atoms with Crippen molar-refractivity contribution in [3.05, 3.63) is 146 Å². The Balaban J connectivity index is 0.980. The molecule has 0 radical (unpaired) electrons. The van der Waals surface area contributed by atoms with Crippen molar-refractivity contribution in [1.82, 2.24) is 25.1 Å². The van der Waals surface area contributed by atoms with E-state index >= 15 is 4.39 Å². The molecule has 8 rings (SSSR count). The summed E-state index contributed by atoms with van der Waals surface area (Å²) >= 11 is 1.61. The number of nitrogens with zero attached hydrogens (tertiary/aromatic N) is 5. The monoisotopic (exact) mass is 854 g/mol. The number of H-pyrrole nitrogens is 1. The summed E-state index contributed by atoms with van der Waals surface area (Å²) < 4.78 is 51.9. The zero-order chi connectivity index (χ0) is 43.3. The molecule has 0 unspecified atom stereocenters. The number of hydrogen-bond donors (Lipinski definition) is 3. The summed E-state index contributed by atoms with van der Waals surface area (Å²) in [4.78, 5) is 35.0. The maximum absolute atomic E-state index is 15.7. The lowest BCUT2D eigenvalue weighted by Crippen LogP contribution is -2.27. The standard InChI is InChI=1S/C45H39FN8O5S2/c1-23-7-18-36(42-39(23)32(21-47)22-48-42)53-61(57,58)33-15-12-28(13-16-33)25(3)49-44(56)34-17-14-31(19-35(34)46)29-8-10-30(11-9-29)41-40-24(2)26(4)60-45(40)54-27(5)51-52-43(54)37(50-41)20-38(55)59-6/h7-19,22,25,37,48,53H,20H2,1-6H3,(H,49,56)/t25-,37+/m1/s1. The number of rotatable bonds is 10. The van der Waals surface area contributed by atoms with E-state index < -0.39 is 39.8 Å². The number of aryl methyl sites for hydroxylation is 3. The van der Waals surface area contributed by atoms with Crippen LogP contribution in [0.2, 0.25) is 0 Å². The van der Waals surface area contributed by atoms with Crippen molar-refractivity contribution in [3.63, 3.8) is 0 Å². The van der Waals surface area contributed by atoms with E-state index in [0.717, 1.165) is 32.1 Å². The van der Waals surface area contributed by atoms with Crippen molar-refractivity contribution in [2.24, 2.45) is 4.99 Å². The molecule has 308 valence electrons. The van der Waals surface area contributed by atoms with Gasteiger partial charge in [-0.25, -0.2) is 12.8 Å². The number of thiophene rings is 1. The Labute approximate surface area is 355 Å². The third kappa shape index (κ3) is 7.47. The maximum atomic E-state index is 15.7. The molecule has 1 aliphatic heterocycles. The summed E-state index contributed by atoms with van der Waals surface area (Å²) in [7, 11) is -2.67. The van der Waals surface area contributed by atoms with Gasteiger partial charge in [-0.05, 0) is 92.8 Å². The second-order valence-electron chi connectivity index (χ2n) is 14.8. The SMILES string of the molecule is COC(=O)C[C@@H]1N=C(c2ccc(-c3ccc(C(=O)N[C@H](C)c4ccc(S(=O)(=O)Nc5ccc(C)c6c(C#N)c[nH]c56)cc4)c(F)c3)cc2)c2c(sc(C)c2C)-n2c(C)nnc21. The number of carbonyl (C=O) groups is 2. The van der Waals surface area contributed by atoms with E-state index in [1.54, 1.807) is 48.6 Å². The summed E-state index contributed by atoms with van der Waals surface area (Å²) in [6.07, 6.45) is 1.52. The van der Waals surface area contributed by atoms with Crippen molar-refractivity contribution in [2.45, 2.75) is 58.0 Å². The molecule has 16 heteroatoms. The van der Waals surface area contributed by atoms with Gasteiger partial charge >= 0.3 is 5.97 Å². The molecule has 3 aromatic heterocycles. The largest absolute Gasteiger partial charge is 0.469 e. The van der Waals surface area contributed by atoms with E-state index in [0.29, 0.717) is 56.2 Å². The highest BCUT2D eigenvalue weighted by atomic mass is 32.2. The minimum absolute atomic E-state index is 0.00281. The lowest BCUT2D eigenvalue weighted by Gasteiger charge is -2.16. The number of nitrogens with one attached hydrogen (secondary N) is 3. The van der Waals surface area contributed by atoms with Crippen LogP contribution in [0.1, 0.15) is 85.7 Å². The Morgan fingerprint density at radius 3 is 2.38 bits per heavy atom. The molecule has 3 N–H and O–H groups in total. The van der Waals surface area contributed by atoms with Crippen LogP contribution in [-0.4, -0.2) is 52.9 Å². The van der Waals surface area contributed by atoms with E-state index in [4.69, 9.17) is 9.73 Å². The number of halogens is 1. The third-order valence-electron chi connectivity index (χ3n) is 11.0. The van der Waals surface area contributed by atoms with Crippen molar-refractivity contribution in [3.8, 4) is 22.2 Å². The topological polar surface area (TPSA) is 184 Å². The van der Waals surface area contributed by atoms with Gasteiger partial charge in [-0.1, -0.05) is 48.5 Å². The van der Waals surface area contributed by atoms with Gasteiger partial charge in [0.15, 0.2) is 5.82 Å². The highest BCUT2D eigenvalue weighted by Gasteiger charge is 2.33. The second-order valence-corrected chi connectivity index (χ2v) is 17.7. The van der Waals surface area contributed by atoms with Gasteiger partial charge in [0.1, 0.15) is 28.8 Å². The minimum atomic E-state index is -4.01. The van der Waals surface area contributed by atoms with Crippen molar-refractivity contribution < 1.29 is 27.1 Å². The molecule has 0 saturated heterocycles. The van der Waals surface area contributed by atoms with E-state index in [1.807, 2.05) is 56.5 Å². The number of carbonyl (C=O) groups excluding carboxylic acids is 2. The summed E-state index contributed by atoms with van der Waals surface area (Å²) in [5.41, 5.74) is 7.26. The van der Waals surface area contributed by atoms with Crippen molar-refractivity contribution >= 4 is 55.5 Å². The number of aromatic amines is 1. The number of aliphatic imine (C=N–C) groups is 1. The Morgan fingerprint density at radius 1 is 0.984 bits per heavy atom. The molecule has 4 heterocycles. The fourth-order valence-electron chi connectivity index (χ4n) is 7.56. The van der Waals surface area contributed by atoms with Gasteiger partial charge in [-0.15, -0.1) is 21.5 Å². The summed E-state index contributed by atoms with van der Waals surface area (Å²) in [6, 6.07) is 22.3. The van der Waals surface area contributed by atoms with Crippen LogP contribution in [0.4, 0.5) is 10.1 Å². The van der Waals surface area contributed by atoms with Gasteiger partial charge < -0.3 is 15.0 Å². The van der Waals surface area contributed by atoms with Gasteiger partial charge in [-0.2, -0.15) is 5.26 Å². The molecular formula is C45H39FN8O5S2. The number of sulfonamides is 1. The highest BCUT2D eigenvalue weighted by Crippen LogP contribution is 2.40. The van der Waals surface area contributed by atoms with Gasteiger partial charge in [-0.3, -0.25) is 23.9 Å². The summed E-state index contributed by atoms with van der Waals surface area (Å²) in [6.45, 7) is 9.52. The number of hydrogen-bond acceptors (Lipinski definition) is 10. The number of esters is 1. The molecule has 0 aliphatic carbocycles. The van der Waals surface area contributed by atoms with Crippen LogP contribution >= 0.6 is 11.3 Å². The number of anilines is 1. The molecule has 1 aliphatic rings. The Morgan fingerprint density at radius 2 is 1.69 bits per heavy atom. The highest BCUT2D eigenvalue weighted by molar-refractivity contribution is 7.92. The van der Waals surface area contributed by atoms with Crippen LogP contribution in [0.5, 0.6) is 0 Å². The molecule has 1 amide bonds. The second kappa shape index (κ2) is 15.9. The van der Waals surface area contributed by atoms with E-state index in [9.17, 15) is 23.3 Å².